The predicted molar refractivity (Wildman–Crippen MR) is 82.4 cm³/mol. The molecule has 4 nitrogen and oxygen atoms in total. The molecule has 1 aliphatic rings. The number of rotatable bonds is 4. The number of aliphatic carboxylic acids is 1. The van der Waals surface area contributed by atoms with Gasteiger partial charge in [-0.2, -0.15) is 0 Å². The normalized spacial score (nSPS) is 18.8. The molecule has 1 atom stereocenters. The van der Waals surface area contributed by atoms with Crippen LogP contribution in [0.1, 0.15) is 39.0 Å². The van der Waals surface area contributed by atoms with E-state index in [1.165, 1.54) is 7.11 Å². The molecule has 0 aromatic heterocycles. The molecule has 1 saturated carbocycles. The molecular formula is C11H18I2O4. The number of halogens is 2. The third-order valence-electron chi connectivity index (χ3n) is 3.31. The van der Waals surface area contributed by atoms with Crippen LogP contribution < -0.4 is 0 Å². The van der Waals surface area contributed by atoms with E-state index in [4.69, 9.17) is 0 Å². The van der Waals surface area contributed by atoms with Gasteiger partial charge in [0.15, 0.2) is 0 Å². The van der Waals surface area contributed by atoms with Gasteiger partial charge in [-0.25, -0.2) is 0 Å². The first kappa shape index (κ1) is 17.4. The Bertz CT molecular complexity index is 262. The van der Waals surface area contributed by atoms with Crippen molar-refractivity contribution < 1.29 is 19.4 Å². The molecule has 1 fully saturated rings. The lowest BCUT2D eigenvalue weighted by Gasteiger charge is -2.26. The molecule has 1 unspecified atom stereocenters. The number of hydrogen-bond acceptors (Lipinski definition) is 3. The molecule has 0 heterocycles. The summed E-state index contributed by atoms with van der Waals surface area (Å²) in [6.45, 7) is 1.73. The minimum absolute atomic E-state index is 0.317. The van der Waals surface area contributed by atoms with Gasteiger partial charge in [-0.3, -0.25) is 9.59 Å². The van der Waals surface area contributed by atoms with Crippen LogP contribution in [0.4, 0.5) is 0 Å². The van der Waals surface area contributed by atoms with Crippen molar-refractivity contribution in [2.75, 3.05) is 7.11 Å². The molecule has 1 aliphatic carbocycles. The maximum Gasteiger partial charge on any atom is 0.309 e. The fourth-order valence-corrected chi connectivity index (χ4v) is 2.43. The summed E-state index contributed by atoms with van der Waals surface area (Å²) in [5.41, 5.74) is -0.687. The van der Waals surface area contributed by atoms with E-state index in [-0.39, 0.29) is 11.9 Å². The molecule has 17 heavy (non-hydrogen) atoms. The van der Waals surface area contributed by atoms with Crippen LogP contribution in [0.25, 0.3) is 0 Å². The topological polar surface area (TPSA) is 63.6 Å². The summed E-state index contributed by atoms with van der Waals surface area (Å²) in [4.78, 5) is 22.5. The molecule has 6 heteroatoms. The number of ether oxygens (including phenoxy) is 1. The van der Waals surface area contributed by atoms with Gasteiger partial charge in [0.1, 0.15) is 0 Å². The highest BCUT2D eigenvalue weighted by atomic mass is 128. The smallest absolute Gasteiger partial charge is 0.309 e. The van der Waals surface area contributed by atoms with E-state index >= 15 is 0 Å². The van der Waals surface area contributed by atoms with Crippen molar-refractivity contribution in [1.82, 2.24) is 0 Å². The van der Waals surface area contributed by atoms with Crippen LogP contribution in [0.3, 0.4) is 0 Å². The molecular weight excluding hydrogens is 450 g/mol. The van der Waals surface area contributed by atoms with Crippen LogP contribution in [-0.4, -0.2) is 24.2 Å². The Balaban J connectivity index is 0.00000121. The highest BCUT2D eigenvalue weighted by Gasteiger charge is 2.43. The Morgan fingerprint density at radius 3 is 2.18 bits per heavy atom. The van der Waals surface area contributed by atoms with Crippen molar-refractivity contribution in [1.29, 1.82) is 0 Å². The third kappa shape index (κ3) is 4.88. The number of esters is 1. The summed E-state index contributed by atoms with van der Waals surface area (Å²) in [5, 5.41) is 9.22. The van der Waals surface area contributed by atoms with Gasteiger partial charge in [-0.15, -0.1) is 0 Å². The summed E-state index contributed by atoms with van der Waals surface area (Å²) in [6.07, 6.45) is 3.66. The zero-order chi connectivity index (χ0) is 13.5. The summed E-state index contributed by atoms with van der Waals surface area (Å²) in [6, 6.07) is 0. The Labute approximate surface area is 125 Å². The van der Waals surface area contributed by atoms with E-state index in [2.05, 4.69) is 42.0 Å². The van der Waals surface area contributed by atoms with E-state index in [0.29, 0.717) is 19.3 Å². The average Bonchev–Trinajstić information content (AvgIpc) is 2.80. The van der Waals surface area contributed by atoms with E-state index in [1.807, 2.05) is 0 Å². The van der Waals surface area contributed by atoms with Gasteiger partial charge in [-0.1, -0.05) is 19.8 Å². The van der Waals surface area contributed by atoms with E-state index in [0.717, 1.165) is 12.8 Å². The molecule has 0 aliphatic heterocycles. The molecule has 0 amide bonds. The molecule has 0 bridgehead atoms. The number of carbonyl (C=O) groups excluding carboxylic acids is 1. The monoisotopic (exact) mass is 468 g/mol. The fourth-order valence-electron chi connectivity index (χ4n) is 2.43. The number of carboxylic acids is 1. The van der Waals surface area contributed by atoms with Gasteiger partial charge >= 0.3 is 11.9 Å². The molecule has 1 rings (SSSR count). The van der Waals surface area contributed by atoms with Gasteiger partial charge in [0.2, 0.25) is 0 Å². The maximum absolute atomic E-state index is 11.2. The average molecular weight is 468 g/mol. The second-order valence-corrected chi connectivity index (χ2v) is 4.42. The van der Waals surface area contributed by atoms with E-state index < -0.39 is 11.4 Å². The Kier molecular flexibility index (Phi) is 8.69. The highest BCUT2D eigenvalue weighted by molar-refractivity contribution is 15.0. The van der Waals surface area contributed by atoms with Gasteiger partial charge < -0.3 is 9.84 Å². The lowest BCUT2D eigenvalue weighted by Crippen LogP contribution is -2.32. The quantitative estimate of drug-likeness (QED) is 0.506. The van der Waals surface area contributed by atoms with Crippen LogP contribution in [0.2, 0.25) is 0 Å². The van der Waals surface area contributed by atoms with E-state index in [1.54, 1.807) is 6.92 Å². The lowest BCUT2D eigenvalue weighted by molar-refractivity contribution is -0.153. The molecule has 0 spiro atoms. The summed E-state index contributed by atoms with van der Waals surface area (Å²) < 4.78 is 4.62. The number of methoxy groups -OCH3 is 1. The molecule has 100 valence electrons. The van der Waals surface area contributed by atoms with Crippen molar-refractivity contribution in [3.8, 4) is 0 Å². The second kappa shape index (κ2) is 8.49. The minimum atomic E-state index is -0.768. The van der Waals surface area contributed by atoms with Crippen LogP contribution in [0.5, 0.6) is 0 Å². The van der Waals surface area contributed by atoms with Crippen molar-refractivity contribution in [3.05, 3.63) is 0 Å². The van der Waals surface area contributed by atoms with Gasteiger partial charge in [0, 0.05) is 37.2 Å². The summed E-state index contributed by atoms with van der Waals surface area (Å²) >= 11 is 4.24. The first-order chi connectivity index (χ1) is 8.02. The second-order valence-electron chi connectivity index (χ2n) is 4.42. The molecule has 0 radical (unpaired) electrons. The van der Waals surface area contributed by atoms with E-state index in [9.17, 15) is 14.7 Å². The Hall–Kier alpha value is 0.400. The zero-order valence-corrected chi connectivity index (χ0v) is 14.4. The largest absolute Gasteiger partial charge is 0.481 e. The summed E-state index contributed by atoms with van der Waals surface area (Å²) in [7, 11) is 1.33. The van der Waals surface area contributed by atoms with Crippen LogP contribution in [0, 0.1) is 11.3 Å². The SMILES string of the molecule is COC(=O)C(C)CC1(C(=O)O)CCCC1.II. The molecule has 0 aromatic rings. The Morgan fingerprint density at radius 2 is 1.82 bits per heavy atom. The number of carboxylic acid groups (broad SMARTS) is 1. The standard InChI is InChI=1S/C11H18O4.I2/c1-8(9(12)15-2)7-11(10(13)14)5-3-4-6-11;1-2/h8H,3-7H2,1-2H3,(H,13,14);. The van der Waals surface area contributed by atoms with Gasteiger partial charge in [0.25, 0.3) is 0 Å². The van der Waals surface area contributed by atoms with Gasteiger partial charge in [-0.05, 0) is 19.3 Å². The fraction of sp³-hybridized carbons (Fsp3) is 0.818. The number of carbonyl (C=O) groups is 2. The van der Waals surface area contributed by atoms with Crippen molar-refractivity contribution in [2.45, 2.75) is 39.0 Å². The van der Waals surface area contributed by atoms with Crippen molar-refractivity contribution in [2.24, 2.45) is 11.3 Å². The molecule has 1 N–H and O–H groups in total. The van der Waals surface area contributed by atoms with Crippen LogP contribution >= 0.6 is 37.2 Å². The summed E-state index contributed by atoms with van der Waals surface area (Å²) in [5.74, 6) is -1.41. The lowest BCUT2D eigenvalue weighted by atomic mass is 9.78. The number of hydrogen-bond donors (Lipinski definition) is 1. The minimum Gasteiger partial charge on any atom is -0.481 e. The molecule has 0 saturated heterocycles. The zero-order valence-electron chi connectivity index (χ0n) is 10.0. The molecule has 0 aromatic carbocycles. The van der Waals surface area contributed by atoms with Crippen molar-refractivity contribution in [3.63, 3.8) is 0 Å². The van der Waals surface area contributed by atoms with Gasteiger partial charge in [0.05, 0.1) is 18.4 Å². The predicted octanol–water partition coefficient (Wildman–Crippen LogP) is 3.60. The van der Waals surface area contributed by atoms with Crippen LogP contribution in [0.15, 0.2) is 0 Å². The van der Waals surface area contributed by atoms with Crippen molar-refractivity contribution >= 4 is 49.2 Å². The Morgan fingerprint density at radius 1 is 1.35 bits per heavy atom. The third-order valence-corrected chi connectivity index (χ3v) is 3.31. The maximum atomic E-state index is 11.2. The first-order valence-corrected chi connectivity index (χ1v) is 11.8. The highest BCUT2D eigenvalue weighted by Crippen LogP contribution is 2.43. The first-order valence-electron chi connectivity index (χ1n) is 5.47. The van der Waals surface area contributed by atoms with Crippen LogP contribution in [-0.2, 0) is 14.3 Å².